The van der Waals surface area contributed by atoms with Crippen molar-refractivity contribution in [1.82, 2.24) is 5.32 Å². The molecular weight excluding hydrogens is 236 g/mol. The topological polar surface area (TPSA) is 12.0 Å². The molecular formula is C11H12Cl2FN. The molecule has 1 heterocycles. The van der Waals surface area contributed by atoms with Crippen molar-refractivity contribution in [3.8, 4) is 0 Å². The van der Waals surface area contributed by atoms with Gasteiger partial charge in [-0.25, -0.2) is 4.39 Å². The predicted molar refractivity (Wildman–Crippen MR) is 61.4 cm³/mol. The van der Waals surface area contributed by atoms with Crippen molar-refractivity contribution in [1.29, 1.82) is 0 Å². The van der Waals surface area contributed by atoms with Gasteiger partial charge < -0.3 is 5.32 Å². The third-order valence-electron chi connectivity index (χ3n) is 2.74. The van der Waals surface area contributed by atoms with Crippen LogP contribution >= 0.6 is 23.2 Å². The van der Waals surface area contributed by atoms with Crippen molar-refractivity contribution in [3.63, 3.8) is 0 Å². The molecule has 4 heteroatoms. The summed E-state index contributed by atoms with van der Waals surface area (Å²) < 4.78 is 14.5. The maximum Gasteiger partial charge on any atom is 0.149 e. The van der Waals surface area contributed by atoms with Gasteiger partial charge in [-0.05, 0) is 37.6 Å². The molecule has 0 saturated carbocycles. The zero-order valence-electron chi connectivity index (χ0n) is 8.19. The number of benzene rings is 1. The molecule has 1 aromatic carbocycles. The molecule has 15 heavy (non-hydrogen) atoms. The highest BCUT2D eigenvalue weighted by molar-refractivity contribution is 6.33. The van der Waals surface area contributed by atoms with Crippen LogP contribution in [0.15, 0.2) is 18.2 Å². The normalized spacial score (nSPS) is 26.6. The molecule has 0 spiro atoms. The summed E-state index contributed by atoms with van der Waals surface area (Å²) in [5.41, 5.74) is -0.871. The van der Waals surface area contributed by atoms with Crippen molar-refractivity contribution < 1.29 is 4.39 Å². The van der Waals surface area contributed by atoms with Crippen LogP contribution in [0.4, 0.5) is 4.39 Å². The van der Waals surface area contributed by atoms with E-state index in [1.54, 1.807) is 18.2 Å². The maximum atomic E-state index is 14.5. The van der Waals surface area contributed by atoms with Gasteiger partial charge in [0.25, 0.3) is 0 Å². The Morgan fingerprint density at radius 1 is 1.33 bits per heavy atom. The van der Waals surface area contributed by atoms with Crippen molar-refractivity contribution >= 4 is 23.2 Å². The number of piperidine rings is 1. The molecule has 0 bridgehead atoms. The van der Waals surface area contributed by atoms with Gasteiger partial charge >= 0.3 is 0 Å². The van der Waals surface area contributed by atoms with E-state index in [1.165, 1.54) is 0 Å². The molecule has 1 aliphatic heterocycles. The number of nitrogens with one attached hydrogen (secondary N) is 1. The smallest absolute Gasteiger partial charge is 0.149 e. The highest BCUT2D eigenvalue weighted by Crippen LogP contribution is 2.38. The second-order valence-electron chi connectivity index (χ2n) is 3.87. The minimum absolute atomic E-state index is 0.313. The van der Waals surface area contributed by atoms with E-state index < -0.39 is 5.67 Å². The third kappa shape index (κ3) is 2.27. The van der Waals surface area contributed by atoms with E-state index in [2.05, 4.69) is 5.32 Å². The van der Waals surface area contributed by atoms with Gasteiger partial charge in [-0.3, -0.25) is 0 Å². The lowest BCUT2D eigenvalue weighted by molar-refractivity contribution is 0.122. The molecule has 0 radical (unpaired) electrons. The Bertz CT molecular complexity index is 362. The lowest BCUT2D eigenvalue weighted by atomic mass is 9.88. The number of hydrogen-bond acceptors (Lipinski definition) is 1. The first-order valence-electron chi connectivity index (χ1n) is 4.97. The summed E-state index contributed by atoms with van der Waals surface area (Å²) in [6.45, 7) is 1.18. The maximum absolute atomic E-state index is 14.5. The molecule has 0 amide bonds. The van der Waals surface area contributed by atoms with Crippen LogP contribution in [0.1, 0.15) is 18.4 Å². The van der Waals surface area contributed by atoms with E-state index in [0.29, 0.717) is 28.6 Å². The molecule has 2 rings (SSSR count). The zero-order chi connectivity index (χ0) is 10.9. The van der Waals surface area contributed by atoms with Crippen LogP contribution in [-0.2, 0) is 5.67 Å². The van der Waals surface area contributed by atoms with Gasteiger partial charge in [0.15, 0.2) is 0 Å². The molecule has 1 fully saturated rings. The average Bonchev–Trinajstić information content (AvgIpc) is 2.23. The number of rotatable bonds is 1. The van der Waals surface area contributed by atoms with Crippen LogP contribution in [0, 0.1) is 0 Å². The fraction of sp³-hybridized carbons (Fsp3) is 0.455. The van der Waals surface area contributed by atoms with E-state index in [-0.39, 0.29) is 0 Å². The van der Waals surface area contributed by atoms with Gasteiger partial charge in [0.05, 0.1) is 0 Å². The first-order valence-corrected chi connectivity index (χ1v) is 5.73. The molecule has 0 aromatic heterocycles. The monoisotopic (exact) mass is 247 g/mol. The van der Waals surface area contributed by atoms with Gasteiger partial charge in [0.2, 0.25) is 0 Å². The number of hydrogen-bond donors (Lipinski definition) is 1. The summed E-state index contributed by atoms with van der Waals surface area (Å²) in [6.07, 6.45) is 1.32. The molecule has 1 unspecified atom stereocenters. The number of alkyl halides is 1. The minimum Gasteiger partial charge on any atom is -0.313 e. The standard InChI is InChI=1S/C11H12Cl2FN/c12-8-2-3-10(13)9(6-8)11(14)4-1-5-15-7-11/h2-3,6,15H,1,4-5,7H2. The molecule has 0 aliphatic carbocycles. The summed E-state index contributed by atoms with van der Waals surface area (Å²) in [4.78, 5) is 0. The summed E-state index contributed by atoms with van der Waals surface area (Å²) in [5.74, 6) is 0. The fourth-order valence-corrected chi connectivity index (χ4v) is 2.40. The molecule has 1 nitrogen and oxygen atoms in total. The van der Waals surface area contributed by atoms with E-state index in [9.17, 15) is 4.39 Å². The van der Waals surface area contributed by atoms with Gasteiger partial charge in [-0.2, -0.15) is 0 Å². The summed E-state index contributed by atoms with van der Waals surface area (Å²) in [5, 5.41) is 4.02. The van der Waals surface area contributed by atoms with Crippen LogP contribution in [0.3, 0.4) is 0 Å². The molecule has 1 aliphatic rings. The SMILES string of the molecule is FC1(c2cc(Cl)ccc2Cl)CCCNC1. The highest BCUT2D eigenvalue weighted by Gasteiger charge is 2.35. The molecule has 1 saturated heterocycles. The quantitative estimate of drug-likeness (QED) is 0.801. The van der Waals surface area contributed by atoms with Crippen molar-refractivity contribution in [3.05, 3.63) is 33.8 Å². The van der Waals surface area contributed by atoms with E-state index in [0.717, 1.165) is 13.0 Å². The minimum atomic E-state index is -1.37. The predicted octanol–water partition coefficient (Wildman–Crippen LogP) is 3.54. The van der Waals surface area contributed by atoms with Crippen LogP contribution in [-0.4, -0.2) is 13.1 Å². The Morgan fingerprint density at radius 2 is 2.13 bits per heavy atom. The molecule has 82 valence electrons. The highest BCUT2D eigenvalue weighted by atomic mass is 35.5. The second-order valence-corrected chi connectivity index (χ2v) is 4.71. The van der Waals surface area contributed by atoms with Crippen LogP contribution < -0.4 is 5.32 Å². The van der Waals surface area contributed by atoms with Crippen molar-refractivity contribution in [2.24, 2.45) is 0 Å². The van der Waals surface area contributed by atoms with E-state index >= 15 is 0 Å². The zero-order valence-corrected chi connectivity index (χ0v) is 9.71. The lowest BCUT2D eigenvalue weighted by Crippen LogP contribution is -2.40. The third-order valence-corrected chi connectivity index (χ3v) is 3.31. The van der Waals surface area contributed by atoms with E-state index in [1.807, 2.05) is 0 Å². The summed E-state index contributed by atoms with van der Waals surface area (Å²) in [6, 6.07) is 4.94. The lowest BCUT2D eigenvalue weighted by Gasteiger charge is -2.31. The molecule has 1 atom stereocenters. The van der Waals surface area contributed by atoms with Gasteiger partial charge in [-0.15, -0.1) is 0 Å². The molecule has 1 N–H and O–H groups in total. The largest absolute Gasteiger partial charge is 0.313 e. The second kappa shape index (κ2) is 4.28. The van der Waals surface area contributed by atoms with Gasteiger partial charge in [-0.1, -0.05) is 23.2 Å². The van der Waals surface area contributed by atoms with E-state index in [4.69, 9.17) is 23.2 Å². The Hall–Kier alpha value is -0.310. The first kappa shape index (κ1) is 11.2. The van der Waals surface area contributed by atoms with Crippen LogP contribution in [0.5, 0.6) is 0 Å². The van der Waals surface area contributed by atoms with Crippen LogP contribution in [0.25, 0.3) is 0 Å². The Morgan fingerprint density at radius 3 is 2.80 bits per heavy atom. The number of halogens is 3. The first-order chi connectivity index (χ1) is 7.12. The van der Waals surface area contributed by atoms with Crippen LogP contribution in [0.2, 0.25) is 10.0 Å². The van der Waals surface area contributed by atoms with Crippen molar-refractivity contribution in [2.75, 3.05) is 13.1 Å². The molecule has 1 aromatic rings. The summed E-state index contributed by atoms with van der Waals surface area (Å²) in [7, 11) is 0. The Balaban J connectivity index is 2.38. The van der Waals surface area contributed by atoms with Gasteiger partial charge in [0.1, 0.15) is 5.67 Å². The fourth-order valence-electron chi connectivity index (χ4n) is 1.94. The summed E-state index contributed by atoms with van der Waals surface area (Å²) >= 11 is 11.8. The average molecular weight is 248 g/mol. The Kier molecular flexibility index (Phi) is 3.19. The van der Waals surface area contributed by atoms with Crippen molar-refractivity contribution in [2.45, 2.75) is 18.5 Å². The Labute approximate surface area is 98.6 Å². The van der Waals surface area contributed by atoms with Gasteiger partial charge in [0, 0.05) is 22.2 Å².